The molecule has 12 heteroatoms. The lowest BCUT2D eigenvalue weighted by atomic mass is 10.1. The average molecular weight is 582 g/mol. The highest BCUT2D eigenvalue weighted by atomic mass is 19.1. The molecular weight excluding hydrogens is 557 g/mol. The van der Waals surface area contributed by atoms with Gasteiger partial charge in [0.15, 0.2) is 11.6 Å². The van der Waals surface area contributed by atoms with Gasteiger partial charge in [0, 0.05) is 30.8 Å². The first-order valence-corrected chi connectivity index (χ1v) is 13.3. The number of hydrogen-bond acceptors (Lipinski definition) is 9. The van der Waals surface area contributed by atoms with E-state index in [0.29, 0.717) is 22.3 Å². The minimum atomic E-state index is -0.807. The standard InChI is InChI=1S/C31H24FN5O6/c1-18(28-25(36-13-5-12-33-36)10-11-27(35-28)42-15-14-41-19(2)38)43-26-17-20-16-21(32)8-9-24(20)34-29(26)37-30(39)22-6-3-4-7-23(22)31(37)40/h3-13,16-18H,14-15H2,1-2H3. The predicted octanol–water partition coefficient (Wildman–Crippen LogP) is 4.84. The molecule has 216 valence electrons. The summed E-state index contributed by atoms with van der Waals surface area (Å²) < 4.78 is 32.8. The molecule has 3 aromatic heterocycles. The number of hydrogen-bond donors (Lipinski definition) is 0. The van der Waals surface area contributed by atoms with Crippen molar-refractivity contribution in [3.8, 4) is 17.3 Å². The minimum Gasteiger partial charge on any atom is -0.480 e. The number of carbonyl (C=O) groups is 3. The quantitative estimate of drug-likeness (QED) is 0.137. The van der Waals surface area contributed by atoms with Gasteiger partial charge < -0.3 is 14.2 Å². The first-order chi connectivity index (χ1) is 20.8. The Morgan fingerprint density at radius 1 is 0.953 bits per heavy atom. The van der Waals surface area contributed by atoms with Gasteiger partial charge in [0.05, 0.1) is 22.3 Å². The highest BCUT2D eigenvalue weighted by molar-refractivity contribution is 6.34. The van der Waals surface area contributed by atoms with Crippen LogP contribution in [0.5, 0.6) is 11.6 Å². The molecule has 0 aliphatic carbocycles. The van der Waals surface area contributed by atoms with Crippen LogP contribution < -0.4 is 14.4 Å². The van der Waals surface area contributed by atoms with Crippen molar-refractivity contribution in [3.05, 3.63) is 102 Å². The molecule has 1 atom stereocenters. The lowest BCUT2D eigenvalue weighted by Crippen LogP contribution is -2.31. The first-order valence-electron chi connectivity index (χ1n) is 13.3. The largest absolute Gasteiger partial charge is 0.480 e. The summed E-state index contributed by atoms with van der Waals surface area (Å²) in [7, 11) is 0. The number of aromatic nitrogens is 4. The summed E-state index contributed by atoms with van der Waals surface area (Å²) in [6.07, 6.45) is 2.54. The number of nitrogens with zero attached hydrogens (tertiary/aromatic N) is 5. The van der Waals surface area contributed by atoms with Gasteiger partial charge in [-0.3, -0.25) is 14.4 Å². The van der Waals surface area contributed by atoms with E-state index >= 15 is 0 Å². The molecule has 43 heavy (non-hydrogen) atoms. The molecule has 1 unspecified atom stereocenters. The van der Waals surface area contributed by atoms with Gasteiger partial charge in [0.2, 0.25) is 5.88 Å². The number of imide groups is 1. The molecule has 1 aliphatic heterocycles. The van der Waals surface area contributed by atoms with Crippen LogP contribution in [0.3, 0.4) is 0 Å². The zero-order valence-electron chi connectivity index (χ0n) is 23.1. The SMILES string of the molecule is CC(=O)OCCOc1ccc(-n2cccn2)c(C(C)Oc2cc3cc(F)ccc3nc2N2C(=O)c3ccccc3C2=O)n1. The number of anilines is 1. The molecule has 6 rings (SSSR count). The maximum Gasteiger partial charge on any atom is 0.302 e. The van der Waals surface area contributed by atoms with Crippen molar-refractivity contribution in [1.82, 2.24) is 19.7 Å². The van der Waals surface area contributed by atoms with Crippen LogP contribution in [0, 0.1) is 5.82 Å². The summed E-state index contributed by atoms with van der Waals surface area (Å²) in [5.41, 5.74) is 1.84. The Balaban J connectivity index is 1.40. The third kappa shape index (κ3) is 5.37. The molecule has 2 aromatic carbocycles. The average Bonchev–Trinajstić information content (AvgIpc) is 3.62. The van der Waals surface area contributed by atoms with Gasteiger partial charge in [0.1, 0.15) is 30.8 Å². The normalized spacial score (nSPS) is 13.2. The summed E-state index contributed by atoms with van der Waals surface area (Å²) in [6.45, 7) is 3.15. The van der Waals surface area contributed by atoms with Crippen molar-refractivity contribution in [2.24, 2.45) is 0 Å². The van der Waals surface area contributed by atoms with Crippen LogP contribution in [-0.4, -0.2) is 50.7 Å². The van der Waals surface area contributed by atoms with Gasteiger partial charge in [-0.15, -0.1) is 0 Å². The third-order valence-electron chi connectivity index (χ3n) is 6.68. The number of halogens is 1. The smallest absolute Gasteiger partial charge is 0.302 e. The van der Waals surface area contributed by atoms with E-state index < -0.39 is 29.7 Å². The number of carbonyl (C=O) groups excluding carboxylic acids is 3. The van der Waals surface area contributed by atoms with E-state index in [9.17, 15) is 18.8 Å². The van der Waals surface area contributed by atoms with E-state index in [2.05, 4.69) is 15.1 Å². The van der Waals surface area contributed by atoms with E-state index in [0.717, 1.165) is 4.90 Å². The first kappa shape index (κ1) is 27.5. The second-order valence-electron chi connectivity index (χ2n) is 9.59. The van der Waals surface area contributed by atoms with Gasteiger partial charge in [-0.05, 0) is 55.5 Å². The van der Waals surface area contributed by atoms with Crippen LogP contribution >= 0.6 is 0 Å². The number of esters is 1. The van der Waals surface area contributed by atoms with E-state index in [1.165, 1.54) is 31.2 Å². The fourth-order valence-corrected chi connectivity index (χ4v) is 4.76. The summed E-state index contributed by atoms with van der Waals surface area (Å²) in [5.74, 6) is -1.74. The van der Waals surface area contributed by atoms with Gasteiger partial charge >= 0.3 is 5.97 Å². The van der Waals surface area contributed by atoms with Crippen LogP contribution in [0.15, 0.2) is 79.1 Å². The molecule has 4 heterocycles. The predicted molar refractivity (Wildman–Crippen MR) is 152 cm³/mol. The van der Waals surface area contributed by atoms with Crippen molar-refractivity contribution in [1.29, 1.82) is 0 Å². The second-order valence-corrected chi connectivity index (χ2v) is 9.59. The highest BCUT2D eigenvalue weighted by Gasteiger charge is 2.39. The molecule has 11 nitrogen and oxygen atoms in total. The number of benzene rings is 2. The minimum absolute atomic E-state index is 0.0356. The summed E-state index contributed by atoms with van der Waals surface area (Å²) in [5, 5.41) is 4.71. The highest BCUT2D eigenvalue weighted by Crippen LogP contribution is 2.38. The molecule has 0 saturated heterocycles. The Labute approximate surface area is 244 Å². The van der Waals surface area contributed by atoms with Crippen LogP contribution in [0.1, 0.15) is 46.4 Å². The second kappa shape index (κ2) is 11.3. The van der Waals surface area contributed by atoms with E-state index in [1.54, 1.807) is 66.5 Å². The van der Waals surface area contributed by atoms with Crippen molar-refractivity contribution < 1.29 is 33.0 Å². The number of fused-ring (bicyclic) bond motifs is 2. The Morgan fingerprint density at radius 2 is 1.72 bits per heavy atom. The van der Waals surface area contributed by atoms with Crippen LogP contribution in [0.4, 0.5) is 10.2 Å². The van der Waals surface area contributed by atoms with Crippen LogP contribution in [0.2, 0.25) is 0 Å². The summed E-state index contributed by atoms with van der Waals surface area (Å²) >= 11 is 0. The topological polar surface area (TPSA) is 126 Å². The monoisotopic (exact) mass is 581 g/mol. The van der Waals surface area contributed by atoms with Crippen molar-refractivity contribution >= 4 is 34.5 Å². The summed E-state index contributed by atoms with van der Waals surface area (Å²) in [6, 6.07) is 17.2. The number of ether oxygens (including phenoxy) is 3. The maximum atomic E-state index is 14.2. The molecule has 5 aromatic rings. The molecule has 0 spiro atoms. The maximum absolute atomic E-state index is 14.2. The van der Waals surface area contributed by atoms with Crippen molar-refractivity contribution in [2.45, 2.75) is 20.0 Å². The van der Waals surface area contributed by atoms with E-state index in [-0.39, 0.29) is 41.8 Å². The van der Waals surface area contributed by atoms with Gasteiger partial charge in [-0.25, -0.2) is 23.9 Å². The Morgan fingerprint density at radius 3 is 2.42 bits per heavy atom. The van der Waals surface area contributed by atoms with Crippen LogP contribution in [-0.2, 0) is 9.53 Å². The number of pyridine rings is 2. The summed E-state index contributed by atoms with van der Waals surface area (Å²) in [4.78, 5) is 48.1. The zero-order valence-corrected chi connectivity index (χ0v) is 23.1. The van der Waals surface area contributed by atoms with E-state index in [4.69, 9.17) is 14.2 Å². The Hall–Kier alpha value is -5.65. The molecule has 0 N–H and O–H groups in total. The number of rotatable bonds is 9. The van der Waals surface area contributed by atoms with Crippen LogP contribution in [0.25, 0.3) is 16.6 Å². The molecule has 0 fully saturated rings. The molecule has 0 bridgehead atoms. The van der Waals surface area contributed by atoms with Gasteiger partial charge in [0.25, 0.3) is 11.8 Å². The van der Waals surface area contributed by atoms with Crippen molar-refractivity contribution in [2.75, 3.05) is 18.1 Å². The Bertz CT molecular complexity index is 1840. The molecule has 0 radical (unpaired) electrons. The molecule has 1 aliphatic rings. The zero-order chi connectivity index (χ0) is 30.1. The molecule has 2 amide bonds. The van der Waals surface area contributed by atoms with Crippen molar-refractivity contribution in [3.63, 3.8) is 0 Å². The fourth-order valence-electron chi connectivity index (χ4n) is 4.76. The lowest BCUT2D eigenvalue weighted by molar-refractivity contribution is -0.141. The Kier molecular flexibility index (Phi) is 7.24. The van der Waals surface area contributed by atoms with Gasteiger partial charge in [-0.2, -0.15) is 5.10 Å². The molecular formula is C31H24FN5O6. The van der Waals surface area contributed by atoms with E-state index in [1.807, 2.05) is 0 Å². The molecule has 0 saturated carbocycles. The lowest BCUT2D eigenvalue weighted by Gasteiger charge is -2.22. The fraction of sp³-hybridized carbons (Fsp3) is 0.161. The van der Waals surface area contributed by atoms with Gasteiger partial charge in [-0.1, -0.05) is 12.1 Å². The number of amides is 2. The third-order valence-corrected chi connectivity index (χ3v) is 6.68.